The molecule has 3 aliphatic rings. The second kappa shape index (κ2) is 2.47. The third-order valence-corrected chi connectivity index (χ3v) is 3.18. The summed E-state index contributed by atoms with van der Waals surface area (Å²) < 4.78 is 4.95. The second-order valence-electron chi connectivity index (χ2n) is 3.99. The van der Waals surface area contributed by atoms with Crippen molar-refractivity contribution in [1.82, 2.24) is 5.01 Å². The Kier molecular flexibility index (Phi) is 1.39. The van der Waals surface area contributed by atoms with E-state index in [9.17, 15) is 4.79 Å². The molecule has 1 saturated carbocycles. The third-order valence-electron chi connectivity index (χ3n) is 3.18. The van der Waals surface area contributed by atoms with Crippen molar-refractivity contribution in [3.8, 4) is 0 Å². The number of carbonyl (C=O) groups is 1. The van der Waals surface area contributed by atoms with E-state index in [2.05, 4.69) is 5.10 Å². The summed E-state index contributed by atoms with van der Waals surface area (Å²) in [6.07, 6.45) is 4.35. The van der Waals surface area contributed by atoms with E-state index in [0.29, 0.717) is 12.5 Å². The van der Waals surface area contributed by atoms with Gasteiger partial charge in [0.1, 0.15) is 6.61 Å². The molecule has 2 atom stereocenters. The van der Waals surface area contributed by atoms with Crippen LogP contribution in [0.3, 0.4) is 0 Å². The number of hydrogen-bond donors (Lipinski definition) is 0. The van der Waals surface area contributed by atoms with Gasteiger partial charge in [-0.1, -0.05) is 0 Å². The molecule has 2 aliphatic heterocycles. The predicted molar refractivity (Wildman–Crippen MR) is 46.4 cm³/mol. The first-order valence-electron chi connectivity index (χ1n) is 4.88. The zero-order valence-corrected chi connectivity index (χ0v) is 7.40. The normalized spacial score (nSPS) is 36.8. The summed E-state index contributed by atoms with van der Waals surface area (Å²) in [5, 5.41) is 5.90. The summed E-state index contributed by atoms with van der Waals surface area (Å²) in [6.45, 7) is 0.534. The van der Waals surface area contributed by atoms with Crippen molar-refractivity contribution in [1.29, 1.82) is 0 Å². The summed E-state index contributed by atoms with van der Waals surface area (Å²) >= 11 is 0. The van der Waals surface area contributed by atoms with Gasteiger partial charge in [-0.15, -0.1) is 0 Å². The summed E-state index contributed by atoms with van der Waals surface area (Å²) in [5.41, 5.74) is 1.22. The van der Waals surface area contributed by atoms with Crippen LogP contribution in [0.15, 0.2) is 5.10 Å². The van der Waals surface area contributed by atoms with Gasteiger partial charge in [0.15, 0.2) is 0 Å². The Morgan fingerprint density at radius 2 is 2.46 bits per heavy atom. The topological polar surface area (TPSA) is 41.9 Å². The number of hydrogen-bond acceptors (Lipinski definition) is 3. The summed E-state index contributed by atoms with van der Waals surface area (Å²) in [7, 11) is 0. The van der Waals surface area contributed by atoms with E-state index in [0.717, 1.165) is 12.8 Å². The fourth-order valence-electron chi connectivity index (χ4n) is 2.50. The van der Waals surface area contributed by atoms with Crippen LogP contribution in [0, 0.1) is 5.92 Å². The van der Waals surface area contributed by atoms with E-state index in [1.54, 1.807) is 0 Å². The molecule has 0 aromatic carbocycles. The van der Waals surface area contributed by atoms with Gasteiger partial charge in [-0.05, 0) is 25.7 Å². The molecule has 0 aromatic heterocycles. The quantitative estimate of drug-likeness (QED) is 0.565. The highest BCUT2D eigenvalue weighted by molar-refractivity contribution is 5.90. The largest absolute Gasteiger partial charge is 0.446 e. The fourth-order valence-corrected chi connectivity index (χ4v) is 2.50. The van der Waals surface area contributed by atoms with Crippen molar-refractivity contribution >= 4 is 11.8 Å². The maximum absolute atomic E-state index is 11.2. The van der Waals surface area contributed by atoms with Gasteiger partial charge in [0, 0.05) is 11.6 Å². The van der Waals surface area contributed by atoms with E-state index < -0.39 is 0 Å². The molecule has 0 radical (unpaired) electrons. The molecule has 0 aromatic rings. The average Bonchev–Trinajstić information content (AvgIpc) is 2.70. The second-order valence-corrected chi connectivity index (χ2v) is 3.99. The van der Waals surface area contributed by atoms with Gasteiger partial charge in [0.25, 0.3) is 0 Å². The van der Waals surface area contributed by atoms with Crippen LogP contribution in [0.4, 0.5) is 4.79 Å². The van der Waals surface area contributed by atoms with Crippen LogP contribution in [-0.2, 0) is 4.74 Å². The van der Waals surface area contributed by atoms with E-state index in [1.165, 1.54) is 23.6 Å². The zero-order chi connectivity index (χ0) is 8.84. The van der Waals surface area contributed by atoms with Gasteiger partial charge in [-0.25, -0.2) is 4.79 Å². The first-order chi connectivity index (χ1) is 6.34. The van der Waals surface area contributed by atoms with Crippen molar-refractivity contribution in [3.05, 3.63) is 0 Å². The van der Waals surface area contributed by atoms with Crippen molar-refractivity contribution in [2.24, 2.45) is 11.0 Å². The number of carbonyl (C=O) groups excluding carboxylic acids is 1. The van der Waals surface area contributed by atoms with Gasteiger partial charge >= 0.3 is 6.09 Å². The molecule has 2 fully saturated rings. The first-order valence-corrected chi connectivity index (χ1v) is 4.88. The number of rotatable bonds is 0. The number of amides is 1. The maximum atomic E-state index is 11.2. The molecule has 0 N–H and O–H groups in total. The van der Waals surface area contributed by atoms with Crippen LogP contribution in [0.5, 0.6) is 0 Å². The molecule has 0 spiro atoms. The van der Waals surface area contributed by atoms with E-state index >= 15 is 0 Å². The summed E-state index contributed by atoms with van der Waals surface area (Å²) in [5.74, 6) is 0.635. The standard InChI is InChI=1S/C9H12N2O2/c12-9-11-7(5-13-9)4-6-2-1-3-8(6)10-11/h6-7H,1-5H2. The lowest BCUT2D eigenvalue weighted by molar-refractivity contribution is 0.157. The molecular weight excluding hydrogens is 168 g/mol. The number of ether oxygens (including phenoxy) is 1. The lowest BCUT2D eigenvalue weighted by Crippen LogP contribution is -2.37. The fraction of sp³-hybridized carbons (Fsp3) is 0.778. The van der Waals surface area contributed by atoms with Crippen LogP contribution in [0.1, 0.15) is 25.7 Å². The highest BCUT2D eigenvalue weighted by Crippen LogP contribution is 2.34. The highest BCUT2D eigenvalue weighted by Gasteiger charge is 2.41. The number of hydrazone groups is 1. The number of nitrogens with zero attached hydrogens (tertiary/aromatic N) is 2. The van der Waals surface area contributed by atoms with Crippen LogP contribution in [0.2, 0.25) is 0 Å². The first kappa shape index (κ1) is 7.35. The third kappa shape index (κ3) is 0.975. The Morgan fingerprint density at radius 1 is 1.54 bits per heavy atom. The van der Waals surface area contributed by atoms with Gasteiger partial charge in [0.2, 0.25) is 0 Å². The molecule has 1 amide bonds. The molecule has 70 valence electrons. The maximum Gasteiger partial charge on any atom is 0.430 e. The van der Waals surface area contributed by atoms with Crippen LogP contribution in [0.25, 0.3) is 0 Å². The van der Waals surface area contributed by atoms with E-state index in [1.807, 2.05) is 0 Å². The lowest BCUT2D eigenvalue weighted by atomic mass is 9.96. The summed E-state index contributed by atoms with van der Waals surface area (Å²) in [6, 6.07) is 0.222. The SMILES string of the molecule is O=C1OCC2CC3CCCC3=NN12. The Bertz CT molecular complexity index is 287. The minimum atomic E-state index is -0.261. The molecule has 1 aliphatic carbocycles. The molecule has 2 heterocycles. The highest BCUT2D eigenvalue weighted by atomic mass is 16.6. The van der Waals surface area contributed by atoms with E-state index in [-0.39, 0.29) is 12.1 Å². The molecule has 4 nitrogen and oxygen atoms in total. The van der Waals surface area contributed by atoms with Gasteiger partial charge < -0.3 is 4.74 Å². The molecule has 3 rings (SSSR count). The van der Waals surface area contributed by atoms with Crippen molar-refractivity contribution < 1.29 is 9.53 Å². The van der Waals surface area contributed by atoms with Crippen LogP contribution < -0.4 is 0 Å². The Balaban J connectivity index is 1.93. The minimum Gasteiger partial charge on any atom is -0.446 e. The molecule has 2 unspecified atom stereocenters. The minimum absolute atomic E-state index is 0.222. The number of fused-ring (bicyclic) bond motifs is 2. The number of cyclic esters (lactones) is 1. The van der Waals surface area contributed by atoms with Crippen LogP contribution in [-0.4, -0.2) is 29.5 Å². The monoisotopic (exact) mass is 180 g/mol. The Labute approximate surface area is 76.5 Å². The average molecular weight is 180 g/mol. The molecule has 1 saturated heterocycles. The molecule has 4 heteroatoms. The lowest BCUT2D eigenvalue weighted by Gasteiger charge is -2.26. The molecule has 0 bridgehead atoms. The Morgan fingerprint density at radius 3 is 3.38 bits per heavy atom. The Hall–Kier alpha value is -1.06. The van der Waals surface area contributed by atoms with E-state index in [4.69, 9.17) is 4.74 Å². The smallest absolute Gasteiger partial charge is 0.430 e. The zero-order valence-electron chi connectivity index (χ0n) is 7.40. The molecular formula is C9H12N2O2. The van der Waals surface area contributed by atoms with Gasteiger partial charge in [-0.3, -0.25) is 0 Å². The van der Waals surface area contributed by atoms with Crippen molar-refractivity contribution in [2.45, 2.75) is 31.7 Å². The van der Waals surface area contributed by atoms with Gasteiger partial charge in [-0.2, -0.15) is 10.1 Å². The van der Waals surface area contributed by atoms with Crippen molar-refractivity contribution in [2.75, 3.05) is 6.61 Å². The van der Waals surface area contributed by atoms with Crippen molar-refractivity contribution in [3.63, 3.8) is 0 Å². The summed E-state index contributed by atoms with van der Waals surface area (Å²) in [4.78, 5) is 11.2. The predicted octanol–water partition coefficient (Wildman–Crippen LogP) is 1.37. The van der Waals surface area contributed by atoms with Crippen LogP contribution >= 0.6 is 0 Å². The molecule has 13 heavy (non-hydrogen) atoms. The van der Waals surface area contributed by atoms with Gasteiger partial charge in [0.05, 0.1) is 6.04 Å².